The fourth-order valence-electron chi connectivity index (χ4n) is 2.62. The van der Waals surface area contributed by atoms with Gasteiger partial charge in [-0.3, -0.25) is 5.01 Å². The van der Waals surface area contributed by atoms with Crippen LogP contribution in [0.15, 0.2) is 5.10 Å². The van der Waals surface area contributed by atoms with E-state index < -0.39 is 5.97 Å². The summed E-state index contributed by atoms with van der Waals surface area (Å²) in [6.45, 7) is 4.03. The van der Waals surface area contributed by atoms with Crippen molar-refractivity contribution in [2.24, 2.45) is 10.8 Å². The van der Waals surface area contributed by atoms with E-state index in [-0.39, 0.29) is 18.2 Å². The molecular formula is C11H21ClN4O2. The molecule has 0 atom stereocenters. The highest BCUT2D eigenvalue weighted by atomic mass is 35.5. The number of amidine groups is 1. The minimum absolute atomic E-state index is 0. The van der Waals surface area contributed by atoms with Crippen LogP contribution < -0.4 is 5.73 Å². The first kappa shape index (κ1) is 15.0. The first-order valence-electron chi connectivity index (χ1n) is 6.23. The third-order valence-corrected chi connectivity index (χ3v) is 3.57. The summed E-state index contributed by atoms with van der Waals surface area (Å²) < 4.78 is 0. The molecule has 0 bridgehead atoms. The van der Waals surface area contributed by atoms with Gasteiger partial charge in [-0.25, -0.2) is 4.79 Å². The molecule has 2 heterocycles. The molecule has 3 N–H and O–H groups in total. The maximum Gasteiger partial charge on any atom is 0.373 e. The molecule has 0 radical (unpaired) electrons. The quantitative estimate of drug-likeness (QED) is 0.561. The second-order valence-electron chi connectivity index (χ2n) is 4.72. The minimum Gasteiger partial charge on any atom is -0.475 e. The standard InChI is InChI=1S/C11H20N4O2.ClH/c12-10(11(16)17)13-15-7-3-9(4-8-15)14-5-1-2-6-14;/h9H,1-8H2,(H2,12,13)(H,16,17);1H. The van der Waals surface area contributed by atoms with Crippen LogP contribution in [0.2, 0.25) is 0 Å². The van der Waals surface area contributed by atoms with Crippen molar-refractivity contribution in [3.63, 3.8) is 0 Å². The first-order valence-corrected chi connectivity index (χ1v) is 6.23. The summed E-state index contributed by atoms with van der Waals surface area (Å²) in [7, 11) is 0. The number of likely N-dealkylation sites (tertiary alicyclic amines) is 1. The number of carboxylic acids is 1. The van der Waals surface area contributed by atoms with Gasteiger partial charge in [-0.2, -0.15) is 5.10 Å². The molecule has 7 heteroatoms. The zero-order chi connectivity index (χ0) is 12.3. The second-order valence-corrected chi connectivity index (χ2v) is 4.72. The zero-order valence-corrected chi connectivity index (χ0v) is 11.2. The summed E-state index contributed by atoms with van der Waals surface area (Å²) in [5, 5.41) is 14.3. The number of hydrazone groups is 1. The van der Waals surface area contributed by atoms with Crippen molar-refractivity contribution in [2.45, 2.75) is 31.7 Å². The maximum absolute atomic E-state index is 10.6. The summed E-state index contributed by atoms with van der Waals surface area (Å²) in [6.07, 6.45) is 4.72. The summed E-state index contributed by atoms with van der Waals surface area (Å²) in [6, 6.07) is 0.648. The van der Waals surface area contributed by atoms with Crippen molar-refractivity contribution in [2.75, 3.05) is 26.2 Å². The number of carbonyl (C=O) groups is 1. The van der Waals surface area contributed by atoms with E-state index in [4.69, 9.17) is 10.8 Å². The number of hydrogen-bond donors (Lipinski definition) is 2. The van der Waals surface area contributed by atoms with E-state index in [9.17, 15) is 4.79 Å². The Morgan fingerprint density at radius 1 is 1.17 bits per heavy atom. The Morgan fingerprint density at radius 3 is 2.22 bits per heavy atom. The maximum atomic E-state index is 10.6. The van der Waals surface area contributed by atoms with Crippen LogP contribution in [0.4, 0.5) is 0 Å². The van der Waals surface area contributed by atoms with Crippen molar-refractivity contribution < 1.29 is 9.90 Å². The number of aliphatic carboxylic acids is 1. The predicted molar refractivity (Wildman–Crippen MR) is 71.9 cm³/mol. The topological polar surface area (TPSA) is 82.2 Å². The van der Waals surface area contributed by atoms with Gasteiger partial charge in [0.1, 0.15) is 0 Å². The molecule has 2 rings (SSSR count). The van der Waals surface area contributed by atoms with Gasteiger partial charge in [-0.1, -0.05) is 0 Å². The van der Waals surface area contributed by atoms with Crippen LogP contribution >= 0.6 is 12.4 Å². The molecule has 2 aliphatic rings. The Morgan fingerprint density at radius 2 is 1.72 bits per heavy atom. The van der Waals surface area contributed by atoms with E-state index in [1.165, 1.54) is 25.9 Å². The highest BCUT2D eigenvalue weighted by molar-refractivity contribution is 6.33. The smallest absolute Gasteiger partial charge is 0.373 e. The van der Waals surface area contributed by atoms with Crippen molar-refractivity contribution >= 4 is 24.2 Å². The van der Waals surface area contributed by atoms with Gasteiger partial charge >= 0.3 is 5.97 Å². The third-order valence-electron chi connectivity index (χ3n) is 3.57. The van der Waals surface area contributed by atoms with Crippen LogP contribution in [0.3, 0.4) is 0 Å². The van der Waals surface area contributed by atoms with Gasteiger partial charge in [0.2, 0.25) is 5.84 Å². The van der Waals surface area contributed by atoms with Crippen LogP contribution in [-0.4, -0.2) is 59.0 Å². The molecule has 2 fully saturated rings. The van der Waals surface area contributed by atoms with Crippen LogP contribution in [0, 0.1) is 0 Å². The molecule has 6 nitrogen and oxygen atoms in total. The Balaban J connectivity index is 0.00000162. The summed E-state index contributed by atoms with van der Waals surface area (Å²) >= 11 is 0. The predicted octanol–water partition coefficient (Wildman–Crippen LogP) is 0.325. The Bertz CT molecular complexity index is 310. The van der Waals surface area contributed by atoms with Crippen LogP contribution in [0.5, 0.6) is 0 Å². The fourth-order valence-corrected chi connectivity index (χ4v) is 2.62. The lowest BCUT2D eigenvalue weighted by Gasteiger charge is -2.35. The Labute approximate surface area is 113 Å². The SMILES string of the molecule is Cl.N/C(=N\N1CCC(N2CCCC2)CC1)C(=O)O. The van der Waals surface area contributed by atoms with Crippen molar-refractivity contribution in [1.29, 1.82) is 0 Å². The van der Waals surface area contributed by atoms with Gasteiger partial charge in [0.15, 0.2) is 0 Å². The lowest BCUT2D eigenvalue weighted by Crippen LogP contribution is -2.43. The van der Waals surface area contributed by atoms with Crippen LogP contribution in [0.25, 0.3) is 0 Å². The Kier molecular flexibility index (Phi) is 5.68. The monoisotopic (exact) mass is 276 g/mol. The molecule has 104 valence electrons. The summed E-state index contributed by atoms with van der Waals surface area (Å²) in [5.74, 6) is -1.46. The van der Waals surface area contributed by atoms with Crippen molar-refractivity contribution in [3.8, 4) is 0 Å². The number of rotatable bonds is 2. The van der Waals surface area contributed by atoms with Gasteiger partial charge in [0.25, 0.3) is 0 Å². The number of hydrogen-bond acceptors (Lipinski definition) is 4. The molecule has 0 aliphatic carbocycles. The molecule has 18 heavy (non-hydrogen) atoms. The number of piperidine rings is 1. The van der Waals surface area contributed by atoms with Crippen LogP contribution in [-0.2, 0) is 4.79 Å². The van der Waals surface area contributed by atoms with Gasteiger partial charge in [-0.15, -0.1) is 12.4 Å². The number of nitrogens with zero attached hydrogens (tertiary/aromatic N) is 3. The molecular weight excluding hydrogens is 256 g/mol. The van der Waals surface area contributed by atoms with Gasteiger partial charge in [-0.05, 0) is 38.8 Å². The van der Waals surface area contributed by atoms with Crippen LogP contribution in [0.1, 0.15) is 25.7 Å². The first-order chi connectivity index (χ1) is 8.16. The van der Waals surface area contributed by atoms with Gasteiger partial charge < -0.3 is 15.7 Å². The van der Waals surface area contributed by atoms with Crippen molar-refractivity contribution in [1.82, 2.24) is 9.91 Å². The molecule has 0 spiro atoms. The molecule has 2 aliphatic heterocycles. The van der Waals surface area contributed by atoms with E-state index in [1.54, 1.807) is 5.01 Å². The average molecular weight is 277 g/mol. The van der Waals surface area contributed by atoms with E-state index in [0.29, 0.717) is 6.04 Å². The molecule has 0 aromatic rings. The van der Waals surface area contributed by atoms with Gasteiger partial charge in [0.05, 0.1) is 0 Å². The molecule has 0 aromatic carbocycles. The third kappa shape index (κ3) is 3.74. The minimum atomic E-state index is -1.15. The highest BCUT2D eigenvalue weighted by Gasteiger charge is 2.26. The lowest BCUT2D eigenvalue weighted by molar-refractivity contribution is -0.129. The normalized spacial score (nSPS) is 22.9. The number of halogens is 1. The van der Waals surface area contributed by atoms with E-state index >= 15 is 0 Å². The summed E-state index contributed by atoms with van der Waals surface area (Å²) in [5.41, 5.74) is 5.30. The molecule has 2 saturated heterocycles. The summed E-state index contributed by atoms with van der Waals surface area (Å²) in [4.78, 5) is 13.1. The van der Waals surface area contributed by atoms with E-state index in [0.717, 1.165) is 25.9 Å². The van der Waals surface area contributed by atoms with Gasteiger partial charge in [0, 0.05) is 19.1 Å². The second kappa shape index (κ2) is 6.80. The largest absolute Gasteiger partial charge is 0.475 e. The fraction of sp³-hybridized carbons (Fsp3) is 0.818. The number of carboxylic acid groups (broad SMARTS) is 1. The highest BCUT2D eigenvalue weighted by Crippen LogP contribution is 2.20. The van der Waals surface area contributed by atoms with E-state index in [1.807, 2.05) is 0 Å². The van der Waals surface area contributed by atoms with Crippen molar-refractivity contribution in [3.05, 3.63) is 0 Å². The molecule has 0 aromatic heterocycles. The average Bonchev–Trinajstić information content (AvgIpc) is 2.83. The number of nitrogens with two attached hydrogens (primary N) is 1. The zero-order valence-electron chi connectivity index (χ0n) is 10.4. The molecule has 0 saturated carbocycles. The Hall–Kier alpha value is -1.01. The molecule has 0 amide bonds. The van der Waals surface area contributed by atoms with E-state index in [2.05, 4.69) is 10.0 Å². The molecule has 0 unspecified atom stereocenters. The lowest BCUT2D eigenvalue weighted by atomic mass is 10.1.